The molecule has 5 heteroatoms. The number of anilines is 1. The van der Waals surface area contributed by atoms with E-state index in [2.05, 4.69) is 57.6 Å². The zero-order valence-electron chi connectivity index (χ0n) is 23.4. The van der Waals surface area contributed by atoms with Gasteiger partial charge in [-0.1, -0.05) is 79.9 Å². The molecule has 1 aliphatic heterocycles. The monoisotopic (exact) mass is 529 g/mol. The van der Waals surface area contributed by atoms with Gasteiger partial charge in [0, 0.05) is 44.7 Å². The summed E-state index contributed by atoms with van der Waals surface area (Å²) in [6.07, 6.45) is 7.30. The highest BCUT2D eigenvalue weighted by atomic mass is 19.1. The third-order valence-electron chi connectivity index (χ3n) is 8.84. The van der Waals surface area contributed by atoms with E-state index in [0.29, 0.717) is 5.92 Å². The maximum absolute atomic E-state index is 15.3. The molecular formula is C34H44FN3O. The molecule has 3 aromatic carbocycles. The van der Waals surface area contributed by atoms with Crippen LogP contribution in [-0.4, -0.2) is 50.8 Å². The van der Waals surface area contributed by atoms with Gasteiger partial charge in [0.15, 0.2) is 0 Å². The standard InChI is InChI=1S/C34H44FN3O/c1-39-33-19-11-10-18-32(33)38-24-22-37(23-25-38)21-20-30(29-16-8-9-17-31(29)35)34(28-14-6-3-7-15-28)36-26-27-12-4-2-5-13-27/h2,4-5,8-13,16-19,28,30,34,36H,3,6-7,14-15,20-26H2,1H3/t30-,34-/m1/s1. The Balaban J connectivity index is 1.30. The molecule has 4 nitrogen and oxygen atoms in total. The average Bonchev–Trinajstić information content (AvgIpc) is 3.00. The van der Waals surface area contributed by atoms with Crippen LogP contribution in [0, 0.1) is 11.7 Å². The number of hydrogen-bond donors (Lipinski definition) is 1. The van der Waals surface area contributed by atoms with Gasteiger partial charge >= 0.3 is 0 Å². The highest BCUT2D eigenvalue weighted by molar-refractivity contribution is 5.58. The summed E-state index contributed by atoms with van der Waals surface area (Å²) in [6.45, 7) is 5.77. The highest BCUT2D eigenvalue weighted by Gasteiger charge is 2.33. The van der Waals surface area contributed by atoms with Crippen LogP contribution in [0.4, 0.5) is 10.1 Å². The van der Waals surface area contributed by atoms with E-state index >= 15 is 4.39 Å². The summed E-state index contributed by atoms with van der Waals surface area (Å²) in [5, 5.41) is 3.95. The summed E-state index contributed by atoms with van der Waals surface area (Å²) < 4.78 is 21.0. The Morgan fingerprint density at radius 3 is 2.28 bits per heavy atom. The van der Waals surface area contributed by atoms with Crippen LogP contribution in [-0.2, 0) is 6.54 Å². The summed E-state index contributed by atoms with van der Waals surface area (Å²) in [6, 6.07) is 26.7. The Bertz CT molecular complexity index is 1140. The predicted octanol–water partition coefficient (Wildman–Crippen LogP) is 6.87. The van der Waals surface area contributed by atoms with Crippen LogP contribution in [0.15, 0.2) is 78.9 Å². The van der Waals surface area contributed by atoms with Crippen LogP contribution in [0.5, 0.6) is 5.75 Å². The average molecular weight is 530 g/mol. The first kappa shape index (κ1) is 27.7. The number of piperazine rings is 1. The maximum atomic E-state index is 15.3. The normalized spacial score (nSPS) is 18.6. The number of methoxy groups -OCH3 is 1. The van der Waals surface area contributed by atoms with Crippen molar-refractivity contribution in [1.29, 1.82) is 0 Å². The predicted molar refractivity (Wildman–Crippen MR) is 159 cm³/mol. The third kappa shape index (κ3) is 7.20. The summed E-state index contributed by atoms with van der Waals surface area (Å²) in [7, 11) is 1.74. The number of nitrogens with one attached hydrogen (secondary N) is 1. The minimum absolute atomic E-state index is 0.0641. The van der Waals surface area contributed by atoms with Crippen molar-refractivity contribution in [2.75, 3.05) is 44.7 Å². The van der Waals surface area contributed by atoms with Crippen molar-refractivity contribution >= 4 is 5.69 Å². The van der Waals surface area contributed by atoms with Gasteiger partial charge in [0.25, 0.3) is 0 Å². The first-order valence-electron chi connectivity index (χ1n) is 14.8. The SMILES string of the molecule is COc1ccccc1N1CCN(CC[C@H](c2ccccc2F)[C@H](NCc2ccccc2)C2CCCCC2)CC1. The largest absolute Gasteiger partial charge is 0.495 e. The van der Waals surface area contributed by atoms with Crippen molar-refractivity contribution < 1.29 is 9.13 Å². The zero-order chi connectivity index (χ0) is 26.9. The van der Waals surface area contributed by atoms with E-state index < -0.39 is 0 Å². The molecule has 0 unspecified atom stereocenters. The Labute approximate surface area is 234 Å². The number of halogens is 1. The first-order valence-corrected chi connectivity index (χ1v) is 14.8. The van der Waals surface area contributed by atoms with Gasteiger partial charge in [0.1, 0.15) is 11.6 Å². The van der Waals surface area contributed by atoms with E-state index in [1.54, 1.807) is 13.2 Å². The number of rotatable bonds is 11. The van der Waals surface area contributed by atoms with E-state index in [1.165, 1.54) is 43.4 Å². The first-order chi connectivity index (χ1) is 19.2. The molecule has 2 fully saturated rings. The Morgan fingerprint density at radius 1 is 0.846 bits per heavy atom. The van der Waals surface area contributed by atoms with E-state index in [0.717, 1.165) is 57.0 Å². The summed E-state index contributed by atoms with van der Waals surface area (Å²) >= 11 is 0. The minimum Gasteiger partial charge on any atom is -0.495 e. The molecule has 1 N–H and O–H groups in total. The fraction of sp³-hybridized carbons (Fsp3) is 0.471. The summed E-state index contributed by atoms with van der Waals surface area (Å²) in [5.74, 6) is 1.59. The molecule has 0 amide bonds. The second-order valence-corrected chi connectivity index (χ2v) is 11.2. The smallest absolute Gasteiger partial charge is 0.142 e. The van der Waals surface area contributed by atoms with Crippen molar-refractivity contribution in [3.63, 3.8) is 0 Å². The van der Waals surface area contributed by atoms with Gasteiger partial charge in [-0.3, -0.25) is 4.90 Å². The molecule has 2 atom stereocenters. The molecule has 1 heterocycles. The zero-order valence-corrected chi connectivity index (χ0v) is 23.4. The lowest BCUT2D eigenvalue weighted by atomic mass is 9.75. The van der Waals surface area contributed by atoms with E-state index in [9.17, 15) is 0 Å². The maximum Gasteiger partial charge on any atom is 0.142 e. The Hall–Kier alpha value is -2.89. The minimum atomic E-state index is -0.0641. The number of para-hydroxylation sites is 2. The molecule has 1 saturated heterocycles. The van der Waals surface area contributed by atoms with Crippen LogP contribution in [0.3, 0.4) is 0 Å². The van der Waals surface area contributed by atoms with Crippen LogP contribution >= 0.6 is 0 Å². The lowest BCUT2D eigenvalue weighted by Gasteiger charge is -2.40. The van der Waals surface area contributed by atoms with Crippen LogP contribution in [0.1, 0.15) is 55.6 Å². The molecular weight excluding hydrogens is 485 g/mol. The molecule has 1 aliphatic carbocycles. The number of nitrogens with zero attached hydrogens (tertiary/aromatic N) is 2. The van der Waals surface area contributed by atoms with Crippen molar-refractivity contribution in [1.82, 2.24) is 10.2 Å². The lowest BCUT2D eigenvalue weighted by molar-refractivity contribution is 0.201. The molecule has 208 valence electrons. The fourth-order valence-corrected chi connectivity index (χ4v) is 6.69. The highest BCUT2D eigenvalue weighted by Crippen LogP contribution is 2.37. The molecule has 3 aromatic rings. The van der Waals surface area contributed by atoms with Crippen molar-refractivity contribution in [2.45, 2.75) is 57.0 Å². The van der Waals surface area contributed by atoms with E-state index in [-0.39, 0.29) is 17.8 Å². The second-order valence-electron chi connectivity index (χ2n) is 11.2. The van der Waals surface area contributed by atoms with Crippen LogP contribution in [0.2, 0.25) is 0 Å². The number of hydrogen-bond acceptors (Lipinski definition) is 4. The number of ether oxygens (including phenoxy) is 1. The molecule has 5 rings (SSSR count). The Morgan fingerprint density at radius 2 is 1.54 bits per heavy atom. The van der Waals surface area contributed by atoms with Gasteiger partial charge < -0.3 is 15.0 Å². The molecule has 0 spiro atoms. The lowest BCUT2D eigenvalue weighted by Crippen LogP contribution is -2.48. The molecule has 39 heavy (non-hydrogen) atoms. The molecule has 0 aromatic heterocycles. The summed E-state index contributed by atoms with van der Waals surface area (Å²) in [5.41, 5.74) is 3.34. The van der Waals surface area contributed by atoms with Crippen molar-refractivity contribution in [3.05, 3.63) is 95.8 Å². The van der Waals surface area contributed by atoms with Gasteiger partial charge in [-0.15, -0.1) is 0 Å². The van der Waals surface area contributed by atoms with Gasteiger partial charge in [-0.2, -0.15) is 0 Å². The van der Waals surface area contributed by atoms with Crippen LogP contribution < -0.4 is 15.0 Å². The van der Waals surface area contributed by atoms with Crippen molar-refractivity contribution in [2.24, 2.45) is 5.92 Å². The fourth-order valence-electron chi connectivity index (χ4n) is 6.69. The number of benzene rings is 3. The van der Waals surface area contributed by atoms with Crippen LogP contribution in [0.25, 0.3) is 0 Å². The van der Waals surface area contributed by atoms with Gasteiger partial charge in [-0.25, -0.2) is 4.39 Å². The van der Waals surface area contributed by atoms with Gasteiger partial charge in [-0.05, 0) is 61.1 Å². The van der Waals surface area contributed by atoms with Crippen molar-refractivity contribution in [3.8, 4) is 5.75 Å². The Kier molecular flexibility index (Phi) is 9.90. The summed E-state index contributed by atoms with van der Waals surface area (Å²) in [4.78, 5) is 4.99. The topological polar surface area (TPSA) is 27.7 Å². The molecule has 0 bridgehead atoms. The molecule has 2 aliphatic rings. The van der Waals surface area contributed by atoms with Gasteiger partial charge in [0.2, 0.25) is 0 Å². The molecule has 0 radical (unpaired) electrons. The van der Waals surface area contributed by atoms with E-state index in [1.807, 2.05) is 30.3 Å². The van der Waals surface area contributed by atoms with E-state index in [4.69, 9.17) is 4.74 Å². The second kappa shape index (κ2) is 14.0. The van der Waals surface area contributed by atoms with Gasteiger partial charge in [0.05, 0.1) is 12.8 Å². The molecule has 1 saturated carbocycles. The third-order valence-corrected chi connectivity index (χ3v) is 8.84. The quantitative estimate of drug-likeness (QED) is 0.293.